The van der Waals surface area contributed by atoms with Crippen LogP contribution in [0.25, 0.3) is 0 Å². The molecule has 1 unspecified atom stereocenters. The van der Waals surface area contributed by atoms with E-state index in [1.165, 1.54) is 11.3 Å². The summed E-state index contributed by atoms with van der Waals surface area (Å²) in [6.07, 6.45) is 0. The molecule has 0 bridgehead atoms. The van der Waals surface area contributed by atoms with E-state index in [2.05, 4.69) is 0 Å². The summed E-state index contributed by atoms with van der Waals surface area (Å²) >= 11 is 7.42. The van der Waals surface area contributed by atoms with E-state index < -0.39 is 5.60 Å². The Hall–Kier alpha value is -1.03. The first-order chi connectivity index (χ1) is 7.51. The first kappa shape index (κ1) is 11.5. The van der Waals surface area contributed by atoms with E-state index in [0.29, 0.717) is 15.5 Å². The Kier molecular flexibility index (Phi) is 2.93. The van der Waals surface area contributed by atoms with Crippen LogP contribution < -0.4 is 0 Å². The highest BCUT2D eigenvalue weighted by Gasteiger charge is 2.29. The average molecular weight is 255 g/mol. The van der Waals surface area contributed by atoms with Crippen molar-refractivity contribution in [2.45, 2.75) is 12.5 Å². The van der Waals surface area contributed by atoms with Gasteiger partial charge in [-0.25, -0.2) is 0 Å². The van der Waals surface area contributed by atoms with Gasteiger partial charge in [0.25, 0.3) is 0 Å². The first-order valence-corrected chi connectivity index (χ1v) is 6.03. The smallest absolute Gasteiger partial charge is 0.122 e. The SMILES string of the molecule is CC(O)(c1ccc(O)cc1)c1sccc1Cl. The number of phenolic OH excluding ortho intramolecular Hbond substituents is 1. The second-order valence-electron chi connectivity index (χ2n) is 3.72. The van der Waals surface area contributed by atoms with Gasteiger partial charge in [0.1, 0.15) is 11.4 Å². The minimum atomic E-state index is -1.13. The number of hydrogen-bond donors (Lipinski definition) is 2. The van der Waals surface area contributed by atoms with Gasteiger partial charge in [0.15, 0.2) is 0 Å². The van der Waals surface area contributed by atoms with E-state index in [4.69, 9.17) is 11.6 Å². The Morgan fingerprint density at radius 2 is 1.81 bits per heavy atom. The molecule has 84 valence electrons. The number of aromatic hydroxyl groups is 1. The van der Waals surface area contributed by atoms with Gasteiger partial charge < -0.3 is 10.2 Å². The molecule has 16 heavy (non-hydrogen) atoms. The van der Waals surface area contributed by atoms with Crippen LogP contribution >= 0.6 is 22.9 Å². The lowest BCUT2D eigenvalue weighted by Gasteiger charge is -2.23. The number of aliphatic hydroxyl groups is 1. The van der Waals surface area contributed by atoms with Crippen LogP contribution in [0.3, 0.4) is 0 Å². The van der Waals surface area contributed by atoms with Gasteiger partial charge in [-0.05, 0) is 36.1 Å². The van der Waals surface area contributed by atoms with Crippen molar-refractivity contribution in [2.75, 3.05) is 0 Å². The zero-order valence-corrected chi connectivity index (χ0v) is 10.2. The molecule has 0 aliphatic rings. The van der Waals surface area contributed by atoms with Gasteiger partial charge in [-0.2, -0.15) is 0 Å². The molecule has 0 aliphatic heterocycles. The second kappa shape index (κ2) is 4.09. The minimum Gasteiger partial charge on any atom is -0.508 e. The van der Waals surface area contributed by atoms with E-state index in [-0.39, 0.29) is 5.75 Å². The molecule has 0 radical (unpaired) electrons. The molecular formula is C12H11ClO2S. The van der Waals surface area contributed by atoms with E-state index in [0.717, 1.165) is 0 Å². The predicted octanol–water partition coefficient (Wildman–Crippen LogP) is 3.36. The summed E-state index contributed by atoms with van der Waals surface area (Å²) in [6.45, 7) is 1.69. The fourth-order valence-electron chi connectivity index (χ4n) is 1.56. The maximum Gasteiger partial charge on any atom is 0.122 e. The van der Waals surface area contributed by atoms with Crippen LogP contribution in [-0.2, 0) is 5.60 Å². The van der Waals surface area contributed by atoms with E-state index in [9.17, 15) is 10.2 Å². The maximum absolute atomic E-state index is 10.5. The highest BCUT2D eigenvalue weighted by molar-refractivity contribution is 7.10. The van der Waals surface area contributed by atoms with Crippen molar-refractivity contribution in [3.63, 3.8) is 0 Å². The monoisotopic (exact) mass is 254 g/mol. The van der Waals surface area contributed by atoms with Gasteiger partial charge in [0.2, 0.25) is 0 Å². The molecule has 0 fully saturated rings. The van der Waals surface area contributed by atoms with Crippen LogP contribution in [0.5, 0.6) is 5.75 Å². The van der Waals surface area contributed by atoms with E-state index in [1.54, 1.807) is 37.3 Å². The fraction of sp³-hybridized carbons (Fsp3) is 0.167. The zero-order valence-electron chi connectivity index (χ0n) is 8.64. The quantitative estimate of drug-likeness (QED) is 0.863. The third kappa shape index (κ3) is 1.94. The van der Waals surface area contributed by atoms with Crippen molar-refractivity contribution in [3.05, 3.63) is 51.2 Å². The van der Waals surface area contributed by atoms with E-state index >= 15 is 0 Å². The lowest BCUT2D eigenvalue weighted by molar-refractivity contribution is 0.106. The summed E-state index contributed by atoms with van der Waals surface area (Å²) in [5.74, 6) is 0.178. The second-order valence-corrected chi connectivity index (χ2v) is 5.04. The fourth-order valence-corrected chi connectivity index (χ4v) is 2.88. The lowest BCUT2D eigenvalue weighted by atomic mass is 9.94. The molecule has 2 rings (SSSR count). The topological polar surface area (TPSA) is 40.5 Å². The molecular weight excluding hydrogens is 244 g/mol. The number of rotatable bonds is 2. The molecule has 1 heterocycles. The van der Waals surface area contributed by atoms with Gasteiger partial charge in [-0.3, -0.25) is 0 Å². The van der Waals surface area contributed by atoms with Crippen LogP contribution in [0, 0.1) is 0 Å². The number of benzene rings is 1. The van der Waals surface area contributed by atoms with Gasteiger partial charge in [-0.1, -0.05) is 23.7 Å². The van der Waals surface area contributed by atoms with Gasteiger partial charge >= 0.3 is 0 Å². The summed E-state index contributed by atoms with van der Waals surface area (Å²) in [4.78, 5) is 0.708. The molecule has 0 spiro atoms. The van der Waals surface area contributed by atoms with Gasteiger partial charge in [0.05, 0.1) is 9.90 Å². The van der Waals surface area contributed by atoms with Crippen LogP contribution in [-0.4, -0.2) is 10.2 Å². The third-order valence-corrected chi connectivity index (χ3v) is 4.04. The van der Waals surface area contributed by atoms with Crippen molar-refractivity contribution in [3.8, 4) is 5.75 Å². The molecule has 2 nitrogen and oxygen atoms in total. The van der Waals surface area contributed by atoms with Crippen molar-refractivity contribution in [1.29, 1.82) is 0 Å². The van der Waals surface area contributed by atoms with Crippen molar-refractivity contribution < 1.29 is 10.2 Å². The summed E-state index contributed by atoms with van der Waals surface area (Å²) in [7, 11) is 0. The first-order valence-electron chi connectivity index (χ1n) is 4.77. The molecule has 0 saturated heterocycles. The Labute approximate surface area is 103 Å². The molecule has 2 aromatic rings. The van der Waals surface area contributed by atoms with Crippen LogP contribution in [0.2, 0.25) is 5.02 Å². The number of phenols is 1. The third-order valence-electron chi connectivity index (χ3n) is 2.49. The highest BCUT2D eigenvalue weighted by atomic mass is 35.5. The summed E-state index contributed by atoms with van der Waals surface area (Å²) in [5, 5.41) is 22.1. The maximum atomic E-state index is 10.5. The molecule has 1 aromatic carbocycles. The molecule has 1 atom stereocenters. The number of halogens is 1. The Bertz CT molecular complexity index is 488. The lowest BCUT2D eigenvalue weighted by Crippen LogP contribution is -2.21. The van der Waals surface area contributed by atoms with Gasteiger partial charge in [0, 0.05) is 0 Å². The number of hydrogen-bond acceptors (Lipinski definition) is 3. The van der Waals surface area contributed by atoms with E-state index in [1.807, 2.05) is 5.38 Å². The predicted molar refractivity (Wildman–Crippen MR) is 66.1 cm³/mol. The Balaban J connectivity index is 2.46. The molecule has 2 N–H and O–H groups in total. The van der Waals surface area contributed by atoms with Crippen LogP contribution in [0.1, 0.15) is 17.4 Å². The molecule has 0 saturated carbocycles. The summed E-state index contributed by atoms with van der Waals surface area (Å²) in [6, 6.07) is 8.23. The summed E-state index contributed by atoms with van der Waals surface area (Å²) in [5.41, 5.74) is -0.423. The van der Waals surface area contributed by atoms with Gasteiger partial charge in [-0.15, -0.1) is 11.3 Å². The molecule has 4 heteroatoms. The van der Waals surface area contributed by atoms with Crippen molar-refractivity contribution in [2.24, 2.45) is 0 Å². The molecule has 1 aromatic heterocycles. The Morgan fingerprint density at radius 1 is 1.19 bits per heavy atom. The van der Waals surface area contributed by atoms with Crippen molar-refractivity contribution >= 4 is 22.9 Å². The zero-order chi connectivity index (χ0) is 11.8. The average Bonchev–Trinajstić information content (AvgIpc) is 2.66. The standard InChI is InChI=1S/C12H11ClO2S/c1-12(15,11-10(13)6-7-16-11)8-2-4-9(14)5-3-8/h2-7,14-15H,1H3. The van der Waals surface area contributed by atoms with Crippen LogP contribution in [0.15, 0.2) is 35.7 Å². The minimum absolute atomic E-state index is 0.178. The number of thiophene rings is 1. The van der Waals surface area contributed by atoms with Crippen LogP contribution in [0.4, 0.5) is 0 Å². The molecule has 0 aliphatic carbocycles. The largest absolute Gasteiger partial charge is 0.508 e. The Morgan fingerprint density at radius 3 is 2.31 bits per heavy atom. The highest BCUT2D eigenvalue weighted by Crippen LogP contribution is 2.37. The normalized spacial score (nSPS) is 14.7. The molecule has 0 amide bonds. The summed E-state index contributed by atoms with van der Waals surface area (Å²) < 4.78 is 0. The van der Waals surface area contributed by atoms with Crippen molar-refractivity contribution in [1.82, 2.24) is 0 Å².